The van der Waals surface area contributed by atoms with Crippen LogP contribution in [-0.2, 0) is 0 Å². The number of pyridine rings is 1. The molecule has 0 saturated carbocycles. The Hall–Kier alpha value is -5.21. The van der Waals surface area contributed by atoms with E-state index in [4.69, 9.17) is 9.40 Å². The fourth-order valence-electron chi connectivity index (χ4n) is 6.41. The third kappa shape index (κ3) is 2.89. The molecular weight excluding hydrogens is 474 g/mol. The predicted molar refractivity (Wildman–Crippen MR) is 164 cm³/mol. The van der Waals surface area contributed by atoms with Gasteiger partial charge in [0.05, 0.1) is 11.2 Å². The monoisotopic (exact) mass is 495 g/mol. The van der Waals surface area contributed by atoms with Crippen molar-refractivity contribution in [1.82, 2.24) is 4.98 Å². The van der Waals surface area contributed by atoms with Gasteiger partial charge in [-0.05, 0) is 56.6 Å². The number of furan rings is 1. The minimum absolute atomic E-state index is 0.885. The topological polar surface area (TPSA) is 26.0 Å². The maximum atomic E-state index is 6.76. The summed E-state index contributed by atoms with van der Waals surface area (Å²) in [7, 11) is 0. The first-order chi connectivity index (χ1) is 19.3. The van der Waals surface area contributed by atoms with E-state index in [0.717, 1.165) is 44.1 Å². The Morgan fingerprint density at radius 2 is 1.08 bits per heavy atom. The smallest absolute Gasteiger partial charge is 0.145 e. The predicted octanol–water partition coefficient (Wildman–Crippen LogP) is 10.4. The van der Waals surface area contributed by atoms with Crippen LogP contribution in [0.5, 0.6) is 0 Å². The van der Waals surface area contributed by atoms with Crippen LogP contribution in [-0.4, -0.2) is 4.98 Å². The molecule has 0 radical (unpaired) electrons. The Kier molecular flexibility index (Phi) is 4.08. The largest absolute Gasteiger partial charge is 0.455 e. The van der Waals surface area contributed by atoms with Crippen LogP contribution in [0.2, 0.25) is 0 Å². The van der Waals surface area contributed by atoms with E-state index >= 15 is 0 Å². The summed E-state index contributed by atoms with van der Waals surface area (Å²) < 4.78 is 6.76. The molecular formula is C37H21NO. The van der Waals surface area contributed by atoms with Crippen molar-refractivity contribution >= 4 is 75.9 Å². The summed E-state index contributed by atoms with van der Waals surface area (Å²) >= 11 is 0. The van der Waals surface area contributed by atoms with E-state index in [1.165, 1.54) is 43.1 Å². The molecule has 0 bridgehead atoms. The van der Waals surface area contributed by atoms with E-state index in [-0.39, 0.29) is 0 Å². The van der Waals surface area contributed by atoms with Crippen LogP contribution in [0.4, 0.5) is 0 Å². The molecule has 0 N–H and O–H groups in total. The molecule has 2 nitrogen and oxygen atoms in total. The van der Waals surface area contributed by atoms with E-state index in [0.29, 0.717) is 0 Å². The van der Waals surface area contributed by atoms with Gasteiger partial charge in [0.1, 0.15) is 11.2 Å². The lowest BCUT2D eigenvalue weighted by molar-refractivity contribution is 0.670. The fourth-order valence-corrected chi connectivity index (χ4v) is 6.41. The second-order valence-corrected chi connectivity index (χ2v) is 10.3. The van der Waals surface area contributed by atoms with Gasteiger partial charge in [-0.2, -0.15) is 0 Å². The van der Waals surface area contributed by atoms with Gasteiger partial charge in [0.25, 0.3) is 0 Å². The van der Waals surface area contributed by atoms with Crippen LogP contribution in [0, 0.1) is 0 Å². The number of hydrogen-bond acceptors (Lipinski definition) is 2. The third-order valence-corrected chi connectivity index (χ3v) is 8.18. The van der Waals surface area contributed by atoms with Crippen molar-refractivity contribution in [3.8, 4) is 11.3 Å². The highest BCUT2D eigenvalue weighted by Crippen LogP contribution is 2.44. The first kappa shape index (κ1) is 20.8. The van der Waals surface area contributed by atoms with E-state index in [9.17, 15) is 0 Å². The number of para-hydroxylation sites is 1. The van der Waals surface area contributed by atoms with Crippen LogP contribution in [0.15, 0.2) is 132 Å². The number of benzene rings is 7. The third-order valence-electron chi connectivity index (χ3n) is 8.18. The van der Waals surface area contributed by atoms with Gasteiger partial charge in [-0.3, -0.25) is 0 Å². The second kappa shape index (κ2) is 7.66. The Labute approximate surface area is 223 Å². The molecule has 9 aromatic rings. The summed E-state index contributed by atoms with van der Waals surface area (Å²) in [6.07, 6.45) is 0. The lowest BCUT2D eigenvalue weighted by atomic mass is 9.93. The van der Waals surface area contributed by atoms with Crippen molar-refractivity contribution in [3.63, 3.8) is 0 Å². The molecule has 180 valence electrons. The van der Waals surface area contributed by atoms with E-state index in [1.54, 1.807) is 0 Å². The number of rotatable bonds is 1. The molecule has 2 aromatic heterocycles. The summed E-state index contributed by atoms with van der Waals surface area (Å²) in [4.78, 5) is 5.30. The van der Waals surface area contributed by atoms with Crippen molar-refractivity contribution in [2.75, 3.05) is 0 Å². The first-order valence-corrected chi connectivity index (χ1v) is 13.3. The van der Waals surface area contributed by atoms with Gasteiger partial charge in [-0.15, -0.1) is 0 Å². The summed E-state index contributed by atoms with van der Waals surface area (Å²) in [6, 6.07) is 45.3. The molecule has 2 heterocycles. The molecule has 0 unspecified atom stereocenters. The maximum absolute atomic E-state index is 6.76. The highest BCUT2D eigenvalue weighted by atomic mass is 16.3. The van der Waals surface area contributed by atoms with E-state index < -0.39 is 0 Å². The molecule has 0 fully saturated rings. The van der Waals surface area contributed by atoms with Crippen LogP contribution in [0.25, 0.3) is 87.2 Å². The molecule has 0 amide bonds. The average Bonchev–Trinajstić information content (AvgIpc) is 3.37. The molecule has 0 aliphatic rings. The molecule has 7 aromatic carbocycles. The molecule has 2 heteroatoms. The van der Waals surface area contributed by atoms with E-state index in [2.05, 4.69) is 127 Å². The lowest BCUT2D eigenvalue weighted by Crippen LogP contribution is -1.92. The number of nitrogens with zero attached hydrogens (tertiary/aromatic N) is 1. The highest BCUT2D eigenvalue weighted by Gasteiger charge is 2.20. The van der Waals surface area contributed by atoms with Crippen molar-refractivity contribution in [2.45, 2.75) is 0 Å². The Morgan fingerprint density at radius 3 is 1.90 bits per heavy atom. The second-order valence-electron chi connectivity index (χ2n) is 10.3. The molecule has 0 aliphatic carbocycles. The molecule has 39 heavy (non-hydrogen) atoms. The normalized spacial score (nSPS) is 12.1. The number of hydrogen-bond donors (Lipinski definition) is 0. The standard InChI is InChI=1S/C37H21NO/c1-2-11-24-21-33-30(19-23(24)10-1)35-27-14-6-4-12-25(27)20-31(37(35)39-33)36-29-18-17-22-9-3-5-13-26(22)34(29)28-15-7-8-16-32(28)38-36/h1-21H. The van der Waals surface area contributed by atoms with Gasteiger partial charge in [0, 0.05) is 32.5 Å². The highest BCUT2D eigenvalue weighted by molar-refractivity contribution is 6.27. The fraction of sp³-hybridized carbons (Fsp3) is 0. The van der Waals surface area contributed by atoms with E-state index in [1.807, 2.05) is 0 Å². The molecule has 0 aliphatic heterocycles. The summed E-state index contributed by atoms with van der Waals surface area (Å²) in [5.74, 6) is 0. The Balaban J connectivity index is 1.51. The number of aromatic nitrogens is 1. The quantitative estimate of drug-likeness (QED) is 0.212. The van der Waals surface area contributed by atoms with Gasteiger partial charge in [-0.25, -0.2) is 4.98 Å². The van der Waals surface area contributed by atoms with Gasteiger partial charge >= 0.3 is 0 Å². The van der Waals surface area contributed by atoms with Gasteiger partial charge < -0.3 is 4.42 Å². The van der Waals surface area contributed by atoms with Crippen LogP contribution < -0.4 is 0 Å². The van der Waals surface area contributed by atoms with Gasteiger partial charge in [0.2, 0.25) is 0 Å². The van der Waals surface area contributed by atoms with Crippen LogP contribution in [0.1, 0.15) is 0 Å². The zero-order chi connectivity index (χ0) is 25.5. The molecule has 0 spiro atoms. The molecule has 0 atom stereocenters. The van der Waals surface area contributed by atoms with Crippen molar-refractivity contribution in [2.24, 2.45) is 0 Å². The lowest BCUT2D eigenvalue weighted by Gasteiger charge is -2.14. The minimum Gasteiger partial charge on any atom is -0.455 e. The van der Waals surface area contributed by atoms with Gasteiger partial charge in [0.15, 0.2) is 0 Å². The Morgan fingerprint density at radius 1 is 0.436 bits per heavy atom. The first-order valence-electron chi connectivity index (χ1n) is 13.3. The number of fused-ring (bicyclic) bond motifs is 11. The SMILES string of the molecule is c1ccc2cc3c(cc2c1)oc1c(-c2nc4ccccc4c4c2ccc2ccccc24)cc2ccccc2c13. The average molecular weight is 496 g/mol. The molecule has 0 saturated heterocycles. The zero-order valence-electron chi connectivity index (χ0n) is 21.0. The Bertz CT molecular complexity index is 2430. The summed E-state index contributed by atoms with van der Waals surface area (Å²) in [6.45, 7) is 0. The zero-order valence-corrected chi connectivity index (χ0v) is 21.0. The van der Waals surface area contributed by atoms with Gasteiger partial charge in [-0.1, -0.05) is 103 Å². The van der Waals surface area contributed by atoms with Crippen molar-refractivity contribution in [3.05, 3.63) is 127 Å². The van der Waals surface area contributed by atoms with Crippen LogP contribution >= 0.6 is 0 Å². The van der Waals surface area contributed by atoms with Crippen LogP contribution in [0.3, 0.4) is 0 Å². The van der Waals surface area contributed by atoms with Crippen molar-refractivity contribution in [1.29, 1.82) is 0 Å². The maximum Gasteiger partial charge on any atom is 0.145 e. The van der Waals surface area contributed by atoms with Crippen molar-refractivity contribution < 1.29 is 4.42 Å². The molecule has 9 rings (SSSR count). The summed E-state index contributed by atoms with van der Waals surface area (Å²) in [5, 5.41) is 13.0. The summed E-state index contributed by atoms with van der Waals surface area (Å²) in [5.41, 5.74) is 4.75. The minimum atomic E-state index is 0.885.